The first-order chi connectivity index (χ1) is 12.0. The van der Waals surface area contributed by atoms with E-state index in [0.717, 1.165) is 19.4 Å². The van der Waals surface area contributed by atoms with Gasteiger partial charge >= 0.3 is 18.4 Å². The number of nitrogens with one attached hydrogen (secondary N) is 2. The number of rotatable bonds is 3. The molecule has 3 rings (SSSR count). The fourth-order valence-corrected chi connectivity index (χ4v) is 3.57. The first-order valence-electron chi connectivity index (χ1n) is 8.00. The van der Waals surface area contributed by atoms with Crippen molar-refractivity contribution < 1.29 is 35.9 Å². The largest absolute Gasteiger partial charge is 0.449 e. The second kappa shape index (κ2) is 6.64. The number of alkyl halides is 6. The van der Waals surface area contributed by atoms with Gasteiger partial charge in [-0.15, -0.1) is 0 Å². The van der Waals surface area contributed by atoms with Crippen LogP contribution in [0.15, 0.2) is 18.2 Å². The number of ether oxygens (including phenoxy) is 1. The van der Waals surface area contributed by atoms with Crippen LogP contribution >= 0.6 is 0 Å². The molecule has 144 valence electrons. The minimum absolute atomic E-state index is 0.00159. The Kier molecular flexibility index (Phi) is 4.80. The van der Waals surface area contributed by atoms with Crippen LogP contribution in [0.2, 0.25) is 0 Å². The summed E-state index contributed by atoms with van der Waals surface area (Å²) < 4.78 is 81.8. The monoisotopic (exact) mass is 382 g/mol. The SMILES string of the molecule is O=C(Nc1cc(C(F)(F)F)cc(C(F)(F)F)c1)OCC1C2CCC1NC2. The highest BCUT2D eigenvalue weighted by atomic mass is 19.4. The molecule has 3 unspecified atom stereocenters. The molecule has 10 heteroatoms. The summed E-state index contributed by atoms with van der Waals surface area (Å²) in [5.74, 6) is 0.492. The summed E-state index contributed by atoms with van der Waals surface area (Å²) in [5.41, 5.74) is -3.62. The van der Waals surface area contributed by atoms with Gasteiger partial charge in [-0.2, -0.15) is 26.3 Å². The molecule has 1 aromatic carbocycles. The lowest BCUT2D eigenvalue weighted by atomic mass is 9.99. The molecule has 2 N–H and O–H groups in total. The van der Waals surface area contributed by atoms with E-state index in [1.54, 1.807) is 0 Å². The van der Waals surface area contributed by atoms with E-state index in [4.69, 9.17) is 4.74 Å². The number of fused-ring (bicyclic) bond motifs is 2. The number of hydrogen-bond donors (Lipinski definition) is 2. The Morgan fingerprint density at radius 1 is 1.08 bits per heavy atom. The molecule has 0 spiro atoms. The first-order valence-corrected chi connectivity index (χ1v) is 8.00. The molecule has 2 aliphatic rings. The van der Waals surface area contributed by atoms with E-state index in [2.05, 4.69) is 5.32 Å². The summed E-state index contributed by atoms with van der Waals surface area (Å²) in [6.45, 7) is 0.891. The van der Waals surface area contributed by atoms with Gasteiger partial charge in [-0.05, 0) is 43.5 Å². The zero-order chi connectivity index (χ0) is 19.1. The van der Waals surface area contributed by atoms with E-state index in [-0.39, 0.29) is 24.6 Å². The van der Waals surface area contributed by atoms with Gasteiger partial charge in [-0.1, -0.05) is 0 Å². The van der Waals surface area contributed by atoms with Crippen LogP contribution in [-0.2, 0) is 17.1 Å². The van der Waals surface area contributed by atoms with Crippen molar-refractivity contribution in [3.05, 3.63) is 29.3 Å². The average Bonchev–Trinajstić information content (AvgIpc) is 3.10. The highest BCUT2D eigenvalue weighted by Crippen LogP contribution is 2.38. The Labute approximate surface area is 144 Å². The molecule has 1 aliphatic heterocycles. The fourth-order valence-electron chi connectivity index (χ4n) is 3.57. The van der Waals surface area contributed by atoms with Crippen LogP contribution < -0.4 is 10.6 Å². The Morgan fingerprint density at radius 2 is 1.69 bits per heavy atom. The number of anilines is 1. The highest BCUT2D eigenvalue weighted by Gasteiger charge is 2.42. The first kappa shape index (κ1) is 18.8. The number of hydrogen-bond acceptors (Lipinski definition) is 3. The Hall–Kier alpha value is -1.97. The predicted molar refractivity (Wildman–Crippen MR) is 79.4 cm³/mol. The fraction of sp³-hybridized carbons (Fsp3) is 0.562. The third-order valence-corrected chi connectivity index (χ3v) is 4.85. The van der Waals surface area contributed by atoms with Crippen molar-refractivity contribution in [2.45, 2.75) is 31.2 Å². The topological polar surface area (TPSA) is 50.4 Å². The van der Waals surface area contributed by atoms with E-state index in [1.807, 2.05) is 5.32 Å². The van der Waals surface area contributed by atoms with Gasteiger partial charge in [0, 0.05) is 17.6 Å². The molecule has 1 aliphatic carbocycles. The van der Waals surface area contributed by atoms with Crippen LogP contribution in [0.3, 0.4) is 0 Å². The molecule has 0 aromatic heterocycles. The van der Waals surface area contributed by atoms with E-state index < -0.39 is 35.3 Å². The maximum absolute atomic E-state index is 12.8. The van der Waals surface area contributed by atoms with Gasteiger partial charge in [0.2, 0.25) is 0 Å². The van der Waals surface area contributed by atoms with Crippen molar-refractivity contribution in [3.63, 3.8) is 0 Å². The Bertz CT molecular complexity index is 636. The van der Waals surface area contributed by atoms with Gasteiger partial charge in [0.1, 0.15) is 0 Å². The molecule has 26 heavy (non-hydrogen) atoms. The summed E-state index contributed by atoms with van der Waals surface area (Å²) in [7, 11) is 0. The van der Waals surface area contributed by atoms with Crippen LogP contribution in [0.1, 0.15) is 24.0 Å². The second-order valence-corrected chi connectivity index (χ2v) is 6.53. The summed E-state index contributed by atoms with van der Waals surface area (Å²) >= 11 is 0. The zero-order valence-electron chi connectivity index (χ0n) is 13.4. The lowest BCUT2D eigenvalue weighted by Crippen LogP contribution is -2.28. The number of carbonyl (C=O) groups excluding carboxylic acids is 1. The third-order valence-electron chi connectivity index (χ3n) is 4.85. The van der Waals surface area contributed by atoms with Crippen molar-refractivity contribution in [1.82, 2.24) is 5.32 Å². The molecule has 4 nitrogen and oxygen atoms in total. The standard InChI is InChI=1S/C16H16F6N2O2/c17-15(18,19)9-3-10(16(20,21)22)5-11(4-9)24-14(25)26-7-12-8-1-2-13(12)23-6-8/h3-5,8,12-13,23H,1-2,6-7H2,(H,24,25). The minimum atomic E-state index is -4.98. The molecule has 1 saturated carbocycles. The van der Waals surface area contributed by atoms with E-state index in [9.17, 15) is 31.1 Å². The number of amides is 1. The van der Waals surface area contributed by atoms with Gasteiger partial charge < -0.3 is 10.1 Å². The summed E-state index contributed by atoms with van der Waals surface area (Å²) in [6, 6.07) is 1.12. The quantitative estimate of drug-likeness (QED) is 0.768. The van der Waals surface area contributed by atoms with Crippen LogP contribution in [0.4, 0.5) is 36.8 Å². The van der Waals surface area contributed by atoms with Gasteiger partial charge in [-0.25, -0.2) is 4.79 Å². The van der Waals surface area contributed by atoms with Crippen LogP contribution in [0, 0.1) is 11.8 Å². The smallest absolute Gasteiger partial charge is 0.416 e. The molecule has 2 fully saturated rings. The highest BCUT2D eigenvalue weighted by molar-refractivity contribution is 5.85. The summed E-state index contributed by atoms with van der Waals surface area (Å²) in [6.07, 6.45) is -9.06. The molecule has 1 saturated heterocycles. The normalized spacial score (nSPS) is 25.4. The maximum atomic E-state index is 12.8. The van der Waals surface area contributed by atoms with Crippen molar-refractivity contribution >= 4 is 11.8 Å². The average molecular weight is 382 g/mol. The molecule has 1 aromatic rings. The predicted octanol–water partition coefficient (Wildman–Crippen LogP) is 4.27. The van der Waals surface area contributed by atoms with Crippen LogP contribution in [-0.4, -0.2) is 25.3 Å². The van der Waals surface area contributed by atoms with E-state index in [0.29, 0.717) is 18.1 Å². The van der Waals surface area contributed by atoms with E-state index >= 15 is 0 Å². The number of halogens is 6. The molecule has 1 heterocycles. The van der Waals surface area contributed by atoms with Gasteiger partial charge in [-0.3, -0.25) is 5.32 Å². The van der Waals surface area contributed by atoms with Crippen molar-refractivity contribution in [2.24, 2.45) is 11.8 Å². The van der Waals surface area contributed by atoms with Crippen LogP contribution in [0.25, 0.3) is 0 Å². The van der Waals surface area contributed by atoms with Gasteiger partial charge in [0.05, 0.1) is 17.7 Å². The van der Waals surface area contributed by atoms with Crippen molar-refractivity contribution in [2.75, 3.05) is 18.5 Å². The molecule has 2 bridgehead atoms. The van der Waals surface area contributed by atoms with Gasteiger partial charge in [0.25, 0.3) is 0 Å². The Morgan fingerprint density at radius 3 is 2.12 bits per heavy atom. The molecule has 0 radical (unpaired) electrons. The number of benzene rings is 1. The van der Waals surface area contributed by atoms with Crippen molar-refractivity contribution in [3.8, 4) is 0 Å². The van der Waals surface area contributed by atoms with Gasteiger partial charge in [0.15, 0.2) is 0 Å². The number of carbonyl (C=O) groups is 1. The minimum Gasteiger partial charge on any atom is -0.449 e. The summed E-state index contributed by atoms with van der Waals surface area (Å²) in [5, 5.41) is 5.23. The molecular weight excluding hydrogens is 366 g/mol. The lowest BCUT2D eigenvalue weighted by molar-refractivity contribution is -0.143. The van der Waals surface area contributed by atoms with Crippen molar-refractivity contribution in [1.29, 1.82) is 0 Å². The molecular formula is C16H16F6N2O2. The lowest BCUT2D eigenvalue weighted by Gasteiger charge is -2.17. The Balaban J connectivity index is 1.69. The third kappa shape index (κ3) is 4.05. The number of piperidine rings is 1. The zero-order valence-corrected chi connectivity index (χ0v) is 13.4. The molecule has 1 amide bonds. The maximum Gasteiger partial charge on any atom is 0.416 e. The second-order valence-electron chi connectivity index (χ2n) is 6.53. The summed E-state index contributed by atoms with van der Waals surface area (Å²) in [4.78, 5) is 11.8. The van der Waals surface area contributed by atoms with E-state index in [1.165, 1.54) is 0 Å². The molecule has 3 atom stereocenters. The van der Waals surface area contributed by atoms with Crippen LogP contribution in [0.5, 0.6) is 0 Å².